The van der Waals surface area contributed by atoms with Crippen molar-refractivity contribution in [2.75, 3.05) is 13.1 Å². The van der Waals surface area contributed by atoms with Crippen molar-refractivity contribution in [2.45, 2.75) is 24.5 Å². The monoisotopic (exact) mass is 276 g/mol. The Bertz CT molecular complexity index is 564. The van der Waals surface area contributed by atoms with Crippen LogP contribution in [0.5, 0.6) is 5.75 Å². The molecule has 2 heterocycles. The van der Waals surface area contributed by atoms with Gasteiger partial charge in [-0.15, -0.1) is 0 Å². The van der Waals surface area contributed by atoms with Crippen LogP contribution in [0.15, 0.2) is 24.3 Å². The Morgan fingerprint density at radius 2 is 2.00 bits per heavy atom. The molecule has 3 rings (SSSR count). The maximum Gasteiger partial charge on any atom is 0.407 e. The van der Waals surface area contributed by atoms with E-state index in [1.54, 1.807) is 18.2 Å². The minimum atomic E-state index is -0.948. The number of carbonyl (C=O) groups is 2. The van der Waals surface area contributed by atoms with Crippen molar-refractivity contribution in [2.24, 2.45) is 5.73 Å². The van der Waals surface area contributed by atoms with E-state index in [0.717, 1.165) is 0 Å². The van der Waals surface area contributed by atoms with Crippen LogP contribution >= 0.6 is 0 Å². The van der Waals surface area contributed by atoms with Gasteiger partial charge in [-0.3, -0.25) is 4.79 Å². The molecule has 20 heavy (non-hydrogen) atoms. The fraction of sp³-hybridized carbons (Fsp3) is 0.429. The third-order valence-corrected chi connectivity index (χ3v) is 4.20. The van der Waals surface area contributed by atoms with Crippen LogP contribution in [-0.4, -0.2) is 46.6 Å². The molecule has 2 aliphatic rings. The standard InChI is InChI=1S/C14H16N2O4/c15-12-11(17)9-3-1-2-4-10(9)20-14(12)5-7-16(8-6-14)13(18)19/h1-4,12H,5-8,15H2,(H,18,19). The fourth-order valence-electron chi connectivity index (χ4n) is 2.94. The Labute approximate surface area is 116 Å². The molecule has 0 radical (unpaired) electrons. The number of nitrogens with two attached hydrogens (primary N) is 1. The van der Waals surface area contributed by atoms with Gasteiger partial charge < -0.3 is 20.5 Å². The average Bonchev–Trinajstić information content (AvgIpc) is 2.46. The van der Waals surface area contributed by atoms with E-state index in [1.165, 1.54) is 4.90 Å². The van der Waals surface area contributed by atoms with Gasteiger partial charge in [0.2, 0.25) is 0 Å². The summed E-state index contributed by atoms with van der Waals surface area (Å²) in [5.41, 5.74) is 5.81. The van der Waals surface area contributed by atoms with Gasteiger partial charge in [0.05, 0.1) is 5.56 Å². The highest BCUT2D eigenvalue weighted by molar-refractivity contribution is 6.04. The Kier molecular flexibility index (Phi) is 2.90. The van der Waals surface area contributed by atoms with Crippen LogP contribution in [0.25, 0.3) is 0 Å². The summed E-state index contributed by atoms with van der Waals surface area (Å²) in [4.78, 5) is 24.7. The molecular weight excluding hydrogens is 260 g/mol. The largest absolute Gasteiger partial charge is 0.484 e. The number of para-hydroxylation sites is 1. The molecule has 0 saturated carbocycles. The molecule has 1 amide bonds. The van der Waals surface area contributed by atoms with Gasteiger partial charge in [-0.05, 0) is 12.1 Å². The number of carbonyl (C=O) groups excluding carboxylic acids is 1. The topological polar surface area (TPSA) is 92.9 Å². The molecule has 1 atom stereocenters. The van der Waals surface area contributed by atoms with Gasteiger partial charge in [-0.1, -0.05) is 12.1 Å². The van der Waals surface area contributed by atoms with Crippen LogP contribution in [0.2, 0.25) is 0 Å². The molecule has 2 aliphatic heterocycles. The molecule has 6 heteroatoms. The van der Waals surface area contributed by atoms with Crippen LogP contribution in [0.1, 0.15) is 23.2 Å². The number of hydrogen-bond donors (Lipinski definition) is 2. The van der Waals surface area contributed by atoms with Gasteiger partial charge in [0, 0.05) is 25.9 Å². The summed E-state index contributed by atoms with van der Waals surface area (Å²) in [6.07, 6.45) is -0.0860. The first kappa shape index (κ1) is 12.9. The van der Waals surface area contributed by atoms with Crippen LogP contribution in [-0.2, 0) is 0 Å². The lowest BCUT2D eigenvalue weighted by Crippen LogP contribution is -2.63. The first-order valence-electron chi connectivity index (χ1n) is 6.59. The Hall–Kier alpha value is -2.08. The number of ether oxygens (including phenoxy) is 1. The number of amides is 1. The molecule has 1 aromatic carbocycles. The quantitative estimate of drug-likeness (QED) is 0.740. The van der Waals surface area contributed by atoms with Gasteiger partial charge in [-0.25, -0.2) is 4.79 Å². The molecule has 0 bridgehead atoms. The Morgan fingerprint density at radius 3 is 2.65 bits per heavy atom. The van der Waals surface area contributed by atoms with Crippen LogP contribution < -0.4 is 10.5 Å². The molecule has 1 unspecified atom stereocenters. The van der Waals surface area contributed by atoms with Crippen LogP contribution in [0.3, 0.4) is 0 Å². The number of piperidine rings is 1. The summed E-state index contributed by atoms with van der Waals surface area (Å²) in [5.74, 6) is 0.415. The average molecular weight is 276 g/mol. The third-order valence-electron chi connectivity index (χ3n) is 4.20. The lowest BCUT2D eigenvalue weighted by atomic mass is 9.78. The summed E-state index contributed by atoms with van der Waals surface area (Å²) in [5, 5.41) is 8.99. The second kappa shape index (κ2) is 4.49. The zero-order valence-corrected chi connectivity index (χ0v) is 10.9. The second-order valence-corrected chi connectivity index (χ2v) is 5.27. The molecule has 6 nitrogen and oxygen atoms in total. The first-order valence-corrected chi connectivity index (χ1v) is 6.59. The van der Waals surface area contributed by atoms with Crippen molar-refractivity contribution in [1.29, 1.82) is 0 Å². The highest BCUT2D eigenvalue weighted by Gasteiger charge is 2.49. The van der Waals surface area contributed by atoms with Gasteiger partial charge in [0.15, 0.2) is 5.78 Å². The van der Waals surface area contributed by atoms with Gasteiger partial charge in [0.25, 0.3) is 0 Å². The molecule has 106 valence electrons. The number of hydrogen-bond acceptors (Lipinski definition) is 4. The molecule has 0 aliphatic carbocycles. The maximum absolute atomic E-state index is 12.4. The zero-order chi connectivity index (χ0) is 14.3. The molecule has 0 aromatic heterocycles. The summed E-state index contributed by atoms with van der Waals surface area (Å²) in [6, 6.07) is 6.30. The van der Waals surface area contributed by atoms with E-state index in [-0.39, 0.29) is 5.78 Å². The predicted molar refractivity (Wildman–Crippen MR) is 70.9 cm³/mol. The first-order chi connectivity index (χ1) is 9.53. The van der Waals surface area contributed by atoms with Crippen molar-refractivity contribution in [3.63, 3.8) is 0 Å². The molecule has 1 aromatic rings. The predicted octanol–water partition coefficient (Wildman–Crippen LogP) is 1.10. The normalized spacial score (nSPS) is 24.1. The number of benzene rings is 1. The lowest BCUT2D eigenvalue weighted by Gasteiger charge is -2.46. The van der Waals surface area contributed by atoms with E-state index in [4.69, 9.17) is 15.6 Å². The highest BCUT2D eigenvalue weighted by Crippen LogP contribution is 2.38. The summed E-state index contributed by atoms with van der Waals surface area (Å²) in [7, 11) is 0. The van der Waals surface area contributed by atoms with Crippen LogP contribution in [0, 0.1) is 0 Å². The maximum atomic E-state index is 12.4. The molecule has 3 N–H and O–H groups in total. The highest BCUT2D eigenvalue weighted by atomic mass is 16.5. The summed E-state index contributed by atoms with van der Waals surface area (Å²) in [6.45, 7) is 0.664. The van der Waals surface area contributed by atoms with Crippen molar-refractivity contribution in [3.8, 4) is 5.75 Å². The van der Waals surface area contributed by atoms with E-state index >= 15 is 0 Å². The zero-order valence-electron chi connectivity index (χ0n) is 10.9. The van der Waals surface area contributed by atoms with Gasteiger partial charge in [0.1, 0.15) is 17.4 Å². The molecule has 1 saturated heterocycles. The minimum Gasteiger partial charge on any atom is -0.484 e. The molecule has 1 spiro atoms. The van der Waals surface area contributed by atoms with Gasteiger partial charge in [-0.2, -0.15) is 0 Å². The molecule has 1 fully saturated rings. The number of Topliss-reactive ketones (excluding diaryl/α,β-unsaturated/α-hetero) is 1. The lowest BCUT2D eigenvalue weighted by molar-refractivity contribution is -0.0171. The smallest absolute Gasteiger partial charge is 0.407 e. The third kappa shape index (κ3) is 1.84. The van der Waals surface area contributed by atoms with Crippen molar-refractivity contribution in [3.05, 3.63) is 29.8 Å². The fourth-order valence-corrected chi connectivity index (χ4v) is 2.94. The number of fused-ring (bicyclic) bond motifs is 1. The van der Waals surface area contributed by atoms with Gasteiger partial charge >= 0.3 is 6.09 Å². The number of rotatable bonds is 0. The number of ketones is 1. The van der Waals surface area contributed by atoms with E-state index in [0.29, 0.717) is 37.2 Å². The number of nitrogens with zero attached hydrogens (tertiary/aromatic N) is 1. The van der Waals surface area contributed by atoms with E-state index in [1.807, 2.05) is 6.07 Å². The molecular formula is C14H16N2O4. The Balaban J connectivity index is 1.89. The van der Waals surface area contributed by atoms with E-state index < -0.39 is 17.7 Å². The van der Waals surface area contributed by atoms with E-state index in [9.17, 15) is 9.59 Å². The number of likely N-dealkylation sites (tertiary alicyclic amines) is 1. The van der Waals surface area contributed by atoms with Crippen molar-refractivity contribution >= 4 is 11.9 Å². The minimum absolute atomic E-state index is 0.129. The summed E-state index contributed by atoms with van der Waals surface area (Å²) < 4.78 is 6.01. The SMILES string of the molecule is NC1C(=O)c2ccccc2OC12CCN(C(=O)O)CC2. The second-order valence-electron chi connectivity index (χ2n) is 5.27. The number of carboxylic acid groups (broad SMARTS) is 1. The van der Waals surface area contributed by atoms with Crippen molar-refractivity contribution < 1.29 is 19.4 Å². The Morgan fingerprint density at radius 1 is 1.35 bits per heavy atom. The summed E-state index contributed by atoms with van der Waals surface area (Å²) >= 11 is 0. The van der Waals surface area contributed by atoms with Crippen molar-refractivity contribution in [1.82, 2.24) is 4.90 Å². The van der Waals surface area contributed by atoms with E-state index in [2.05, 4.69) is 0 Å². The van der Waals surface area contributed by atoms with Crippen LogP contribution in [0.4, 0.5) is 4.79 Å².